The molecule has 7 heteroatoms. The molecule has 1 saturated heterocycles. The zero-order chi connectivity index (χ0) is 13.6. The highest BCUT2D eigenvalue weighted by molar-refractivity contribution is 8.00. The minimum Gasteiger partial charge on any atom is -0.352 e. The van der Waals surface area contributed by atoms with Crippen LogP contribution in [0.3, 0.4) is 0 Å². The minimum absolute atomic E-state index is 0.00322. The summed E-state index contributed by atoms with van der Waals surface area (Å²) in [5.74, 6) is 0.338. The van der Waals surface area contributed by atoms with E-state index < -0.39 is 9.84 Å². The molecule has 0 aromatic carbocycles. The Balaban J connectivity index is 2.20. The number of piperidine rings is 1. The average molecular weight is 294 g/mol. The second kappa shape index (κ2) is 7.35. The van der Waals surface area contributed by atoms with E-state index in [1.165, 1.54) is 6.26 Å². The van der Waals surface area contributed by atoms with Crippen LogP contribution in [0.2, 0.25) is 0 Å². The summed E-state index contributed by atoms with van der Waals surface area (Å²) in [7, 11) is -3.03. The van der Waals surface area contributed by atoms with Crippen LogP contribution in [-0.4, -0.2) is 56.5 Å². The van der Waals surface area contributed by atoms with Gasteiger partial charge in [-0.15, -0.1) is 11.8 Å². The summed E-state index contributed by atoms with van der Waals surface area (Å²) in [5, 5.41) is 6.54. The molecule has 1 aliphatic heterocycles. The first-order valence-electron chi connectivity index (χ1n) is 6.16. The van der Waals surface area contributed by atoms with Crippen LogP contribution in [0.4, 0.5) is 0 Å². The SMILES string of the molecule is CC(CS(C)(=O)=O)NC(=O)CSC1CCNCC1. The molecule has 0 aromatic rings. The van der Waals surface area contributed by atoms with Gasteiger partial charge < -0.3 is 10.6 Å². The second-order valence-electron chi connectivity index (χ2n) is 4.82. The summed E-state index contributed by atoms with van der Waals surface area (Å²) < 4.78 is 22.1. The maximum absolute atomic E-state index is 11.6. The number of hydrogen-bond donors (Lipinski definition) is 2. The first-order valence-corrected chi connectivity index (χ1v) is 9.27. The average Bonchev–Trinajstić information content (AvgIpc) is 2.25. The van der Waals surface area contributed by atoms with Crippen molar-refractivity contribution in [1.82, 2.24) is 10.6 Å². The lowest BCUT2D eigenvalue weighted by atomic mass is 10.2. The van der Waals surface area contributed by atoms with Gasteiger partial charge in [0.05, 0.1) is 11.5 Å². The van der Waals surface area contributed by atoms with E-state index in [1.54, 1.807) is 18.7 Å². The summed E-state index contributed by atoms with van der Waals surface area (Å²) in [4.78, 5) is 11.6. The van der Waals surface area contributed by atoms with Crippen molar-refractivity contribution in [2.45, 2.75) is 31.1 Å². The molecule has 1 rings (SSSR count). The molecule has 0 spiro atoms. The molecule has 0 aromatic heterocycles. The van der Waals surface area contributed by atoms with E-state index >= 15 is 0 Å². The van der Waals surface area contributed by atoms with Gasteiger partial charge in [0, 0.05) is 17.5 Å². The Kier molecular flexibility index (Phi) is 6.45. The van der Waals surface area contributed by atoms with Gasteiger partial charge in [-0.1, -0.05) is 0 Å². The molecular weight excluding hydrogens is 272 g/mol. The van der Waals surface area contributed by atoms with Crippen molar-refractivity contribution in [1.29, 1.82) is 0 Å². The summed E-state index contributed by atoms with van der Waals surface area (Å²) >= 11 is 1.66. The fraction of sp³-hybridized carbons (Fsp3) is 0.909. The van der Waals surface area contributed by atoms with Crippen LogP contribution >= 0.6 is 11.8 Å². The van der Waals surface area contributed by atoms with Crippen molar-refractivity contribution < 1.29 is 13.2 Å². The predicted molar refractivity (Wildman–Crippen MR) is 75.7 cm³/mol. The van der Waals surface area contributed by atoms with Crippen LogP contribution in [0.5, 0.6) is 0 Å². The van der Waals surface area contributed by atoms with E-state index in [4.69, 9.17) is 0 Å². The van der Waals surface area contributed by atoms with Crippen LogP contribution in [0, 0.1) is 0 Å². The zero-order valence-corrected chi connectivity index (χ0v) is 12.6. The molecule has 1 atom stereocenters. The van der Waals surface area contributed by atoms with E-state index in [0.29, 0.717) is 11.0 Å². The number of amides is 1. The Morgan fingerprint density at radius 3 is 2.61 bits per heavy atom. The summed E-state index contributed by atoms with van der Waals surface area (Å²) in [6.45, 7) is 3.75. The van der Waals surface area contributed by atoms with Crippen molar-refractivity contribution in [3.05, 3.63) is 0 Å². The van der Waals surface area contributed by atoms with Crippen molar-refractivity contribution in [3.63, 3.8) is 0 Å². The number of thioether (sulfide) groups is 1. The molecule has 0 aliphatic carbocycles. The van der Waals surface area contributed by atoms with Gasteiger partial charge in [0.2, 0.25) is 5.91 Å². The fourth-order valence-electron chi connectivity index (χ4n) is 1.97. The first kappa shape index (κ1) is 15.8. The Morgan fingerprint density at radius 1 is 1.44 bits per heavy atom. The van der Waals surface area contributed by atoms with Gasteiger partial charge in [-0.2, -0.15) is 0 Å². The largest absolute Gasteiger partial charge is 0.352 e. The van der Waals surface area contributed by atoms with Gasteiger partial charge in [-0.05, 0) is 32.9 Å². The Labute approximate surface area is 113 Å². The Morgan fingerprint density at radius 2 is 2.06 bits per heavy atom. The number of hydrogen-bond acceptors (Lipinski definition) is 5. The molecule has 1 aliphatic rings. The third kappa shape index (κ3) is 7.23. The molecule has 0 bridgehead atoms. The second-order valence-corrected chi connectivity index (χ2v) is 8.29. The molecule has 1 fully saturated rings. The molecule has 1 unspecified atom stereocenters. The molecular formula is C11H22N2O3S2. The monoisotopic (exact) mass is 294 g/mol. The summed E-state index contributed by atoms with van der Waals surface area (Å²) in [6.07, 6.45) is 3.37. The molecule has 5 nitrogen and oxygen atoms in total. The van der Waals surface area contributed by atoms with Crippen LogP contribution in [-0.2, 0) is 14.6 Å². The number of carbonyl (C=O) groups excluding carboxylic acids is 1. The van der Waals surface area contributed by atoms with Gasteiger partial charge in [-0.3, -0.25) is 4.79 Å². The van der Waals surface area contributed by atoms with E-state index in [1.807, 2.05) is 0 Å². The number of carbonyl (C=O) groups is 1. The zero-order valence-electron chi connectivity index (χ0n) is 10.9. The standard InChI is InChI=1S/C11H22N2O3S2/c1-9(8-18(2,15)16)13-11(14)7-17-10-3-5-12-6-4-10/h9-10,12H,3-8H2,1-2H3,(H,13,14). The summed E-state index contributed by atoms with van der Waals surface area (Å²) in [6, 6.07) is -0.318. The Bertz CT molecular complexity index is 364. The van der Waals surface area contributed by atoms with E-state index in [-0.39, 0.29) is 17.7 Å². The third-order valence-electron chi connectivity index (χ3n) is 2.70. The van der Waals surface area contributed by atoms with Crippen LogP contribution < -0.4 is 10.6 Å². The van der Waals surface area contributed by atoms with Gasteiger partial charge in [-0.25, -0.2) is 8.42 Å². The van der Waals surface area contributed by atoms with Gasteiger partial charge in [0.25, 0.3) is 0 Å². The highest BCUT2D eigenvalue weighted by Crippen LogP contribution is 2.19. The Hall–Kier alpha value is -0.270. The third-order valence-corrected chi connectivity index (χ3v) is 5.17. The van der Waals surface area contributed by atoms with Crippen LogP contribution in [0.25, 0.3) is 0 Å². The number of rotatable bonds is 6. The van der Waals surface area contributed by atoms with Gasteiger partial charge in [0.1, 0.15) is 9.84 Å². The maximum atomic E-state index is 11.6. The van der Waals surface area contributed by atoms with Gasteiger partial charge in [0.15, 0.2) is 0 Å². The van der Waals surface area contributed by atoms with E-state index in [9.17, 15) is 13.2 Å². The van der Waals surface area contributed by atoms with Gasteiger partial charge >= 0.3 is 0 Å². The molecule has 0 saturated carbocycles. The number of sulfone groups is 1. The first-order chi connectivity index (χ1) is 8.37. The molecule has 18 heavy (non-hydrogen) atoms. The molecule has 1 amide bonds. The van der Waals surface area contributed by atoms with Crippen molar-refractivity contribution in [3.8, 4) is 0 Å². The summed E-state index contributed by atoms with van der Waals surface area (Å²) in [5.41, 5.74) is 0. The smallest absolute Gasteiger partial charge is 0.230 e. The lowest BCUT2D eigenvalue weighted by molar-refractivity contribution is -0.119. The molecule has 2 N–H and O–H groups in total. The topological polar surface area (TPSA) is 75.3 Å². The van der Waals surface area contributed by atoms with Crippen LogP contribution in [0.15, 0.2) is 0 Å². The van der Waals surface area contributed by atoms with Crippen molar-refractivity contribution in [2.75, 3.05) is 30.9 Å². The maximum Gasteiger partial charge on any atom is 0.230 e. The normalized spacial score (nSPS) is 19.4. The minimum atomic E-state index is -3.03. The van der Waals surface area contributed by atoms with E-state index in [2.05, 4.69) is 10.6 Å². The quantitative estimate of drug-likeness (QED) is 0.722. The van der Waals surface area contributed by atoms with Crippen molar-refractivity contribution in [2.24, 2.45) is 0 Å². The highest BCUT2D eigenvalue weighted by atomic mass is 32.2. The lowest BCUT2D eigenvalue weighted by Gasteiger charge is -2.22. The van der Waals surface area contributed by atoms with Crippen LogP contribution in [0.1, 0.15) is 19.8 Å². The number of nitrogens with one attached hydrogen (secondary N) is 2. The van der Waals surface area contributed by atoms with Crippen molar-refractivity contribution >= 4 is 27.5 Å². The molecule has 0 radical (unpaired) electrons. The fourth-order valence-corrected chi connectivity index (χ4v) is 4.00. The highest BCUT2D eigenvalue weighted by Gasteiger charge is 2.17. The lowest BCUT2D eigenvalue weighted by Crippen LogP contribution is -2.39. The van der Waals surface area contributed by atoms with E-state index in [0.717, 1.165) is 25.9 Å². The molecule has 1 heterocycles. The predicted octanol–water partition coefficient (Wildman–Crippen LogP) is 0.0209. The molecule has 106 valence electrons.